The molecule has 0 radical (unpaired) electrons. The van der Waals surface area contributed by atoms with Crippen LogP contribution in [0.3, 0.4) is 0 Å². The topological polar surface area (TPSA) is 197 Å². The van der Waals surface area contributed by atoms with Gasteiger partial charge in [0.25, 0.3) is 0 Å². The molecule has 0 atom stereocenters. The Morgan fingerprint density at radius 3 is 1.49 bits per heavy atom. The molecule has 8 heterocycles. The first-order valence-corrected chi connectivity index (χ1v) is 30.5. The van der Waals surface area contributed by atoms with Crippen LogP contribution < -0.4 is 21.0 Å². The second-order valence-electron chi connectivity index (χ2n) is 23.8. The molecule has 3 aliphatic heterocycles. The number of sulfone groups is 2. The van der Waals surface area contributed by atoms with Crippen LogP contribution in [0.5, 0.6) is 0 Å². The lowest BCUT2D eigenvalue weighted by Gasteiger charge is -2.32. The summed E-state index contributed by atoms with van der Waals surface area (Å²) in [6.07, 6.45) is 7.58. The monoisotopic (exact) mass is 1140 g/mol. The summed E-state index contributed by atoms with van der Waals surface area (Å²) in [5, 5.41) is 1.51. The van der Waals surface area contributed by atoms with Crippen LogP contribution in [0.4, 0.5) is 37.5 Å². The van der Waals surface area contributed by atoms with E-state index in [-0.39, 0.29) is 26.6 Å². The SMILES string of the molecule is Cc1c(-c2ccccc2S(C)(=O)=O)nc2cc(F)ccc2c1N1CC(C)(C)c2ncc(-c3ccnc(N)n3)cc21.Cc1c(-c2ccccc2S(C)(=O)=O)nc2cc(F)ccc2c1N1CC(C)(C)c2ncc(B3OC(C)(C)C(C)(C)O3)cc21. The van der Waals surface area contributed by atoms with Crippen molar-refractivity contribution >= 4 is 82.8 Å². The maximum Gasteiger partial charge on any atom is 0.496 e. The molecule has 82 heavy (non-hydrogen) atoms. The molecule has 3 aliphatic rings. The molecule has 420 valence electrons. The van der Waals surface area contributed by atoms with Crippen LogP contribution in [-0.2, 0) is 39.8 Å². The van der Waals surface area contributed by atoms with Gasteiger partial charge in [0.2, 0.25) is 5.95 Å². The molecule has 1 fully saturated rings. The fraction of sp³-hybridized carbons (Fsp3) is 0.290. The number of nitrogen functional groups attached to an aromatic ring is 1. The van der Waals surface area contributed by atoms with Crippen LogP contribution in [0, 0.1) is 25.5 Å². The number of aromatic nitrogens is 6. The Balaban J connectivity index is 0.000000172. The van der Waals surface area contributed by atoms with Gasteiger partial charge < -0.3 is 24.8 Å². The third-order valence-electron chi connectivity index (χ3n) is 16.2. The number of fused-ring (bicyclic) bond motifs is 4. The summed E-state index contributed by atoms with van der Waals surface area (Å²) in [7, 11) is -7.70. The molecule has 15 nitrogen and oxygen atoms in total. The second kappa shape index (κ2) is 19.7. The lowest BCUT2D eigenvalue weighted by atomic mass is 9.79. The van der Waals surface area contributed by atoms with Gasteiger partial charge in [0.1, 0.15) is 11.6 Å². The third kappa shape index (κ3) is 9.81. The Labute approximate surface area is 477 Å². The van der Waals surface area contributed by atoms with E-state index in [1.807, 2.05) is 53.8 Å². The van der Waals surface area contributed by atoms with E-state index in [1.54, 1.807) is 79.1 Å². The highest BCUT2D eigenvalue weighted by Crippen LogP contribution is 2.51. The first-order valence-electron chi connectivity index (χ1n) is 26.7. The van der Waals surface area contributed by atoms with E-state index in [4.69, 9.17) is 35.0 Å². The lowest BCUT2D eigenvalue weighted by molar-refractivity contribution is 0.00578. The summed E-state index contributed by atoms with van der Waals surface area (Å²) in [6, 6.07) is 28.5. The van der Waals surface area contributed by atoms with Gasteiger partial charge in [0.15, 0.2) is 19.7 Å². The van der Waals surface area contributed by atoms with Gasteiger partial charge >= 0.3 is 7.12 Å². The summed E-state index contributed by atoms with van der Waals surface area (Å²) in [4.78, 5) is 32.5. The number of rotatable bonds is 8. The highest BCUT2D eigenvalue weighted by Gasteiger charge is 2.52. The van der Waals surface area contributed by atoms with Crippen LogP contribution >= 0.6 is 0 Å². The standard InChI is InChI=1S/C32H35BFN3O4S.C30H27FN6O2S/c1-19-27(23-11-9-10-12-26(23)42(8,38)39)36-24-16-21(34)13-14-22(24)28(19)37-18-30(2,3)29-25(37)15-20(17-35-29)33-40-31(4,5)32(6,7)41-33;1-17-26(21-7-5-6-8-25(21)40(4,38)39)35-23-14-19(31)9-10-20(23)27(17)37-16-30(2,3)28-24(37)13-18(15-34-28)22-11-12-33-29(32)36-22/h9-17H,18H2,1-8H3;5-15H,16H2,1-4H3,(H2,32,33,36). The number of hydrogen-bond donors (Lipinski definition) is 1. The predicted molar refractivity (Wildman–Crippen MR) is 320 cm³/mol. The summed E-state index contributed by atoms with van der Waals surface area (Å²) in [6.45, 7) is 21.7. The molecule has 5 aromatic heterocycles. The molecule has 20 heteroatoms. The molecule has 1 saturated heterocycles. The number of halogens is 2. The fourth-order valence-corrected chi connectivity index (χ4v) is 13.3. The van der Waals surface area contributed by atoms with Gasteiger partial charge in [-0.2, -0.15) is 0 Å². The quantitative estimate of drug-likeness (QED) is 0.141. The minimum absolute atomic E-state index is 0.166. The van der Waals surface area contributed by atoms with Gasteiger partial charge in [0.05, 0.1) is 83.2 Å². The molecule has 4 aromatic carbocycles. The first-order chi connectivity index (χ1) is 38.4. The van der Waals surface area contributed by atoms with E-state index >= 15 is 0 Å². The van der Waals surface area contributed by atoms with E-state index in [0.29, 0.717) is 52.3 Å². The minimum atomic E-state index is -3.56. The van der Waals surface area contributed by atoms with Crippen molar-refractivity contribution in [3.63, 3.8) is 0 Å². The largest absolute Gasteiger partial charge is 0.496 e. The Morgan fingerprint density at radius 2 is 1.02 bits per heavy atom. The first kappa shape index (κ1) is 56.1. The Bertz CT molecular complexity index is 4350. The molecule has 0 bridgehead atoms. The normalized spacial score (nSPS) is 16.8. The molecule has 0 spiro atoms. The second-order valence-corrected chi connectivity index (χ2v) is 27.8. The summed E-state index contributed by atoms with van der Waals surface area (Å²) in [5.74, 6) is -0.675. The van der Waals surface area contributed by atoms with Crippen molar-refractivity contribution in [1.29, 1.82) is 0 Å². The lowest BCUT2D eigenvalue weighted by Crippen LogP contribution is -2.41. The molecule has 12 rings (SSSR count). The van der Waals surface area contributed by atoms with Crippen molar-refractivity contribution in [2.75, 3.05) is 41.1 Å². The molecule has 0 aliphatic carbocycles. The zero-order chi connectivity index (χ0) is 58.8. The Hall–Kier alpha value is -7.78. The highest BCUT2D eigenvalue weighted by atomic mass is 32.2. The third-order valence-corrected chi connectivity index (χ3v) is 18.5. The van der Waals surface area contributed by atoms with Gasteiger partial charge in [-0.3, -0.25) is 9.97 Å². The molecule has 9 aromatic rings. The van der Waals surface area contributed by atoms with E-state index in [1.165, 1.54) is 36.8 Å². The number of benzene rings is 4. The highest BCUT2D eigenvalue weighted by molar-refractivity contribution is 7.91. The van der Waals surface area contributed by atoms with Crippen LogP contribution in [0.1, 0.15) is 77.9 Å². The van der Waals surface area contributed by atoms with Gasteiger partial charge in [0, 0.05) is 100 Å². The Kier molecular flexibility index (Phi) is 13.5. The van der Waals surface area contributed by atoms with Crippen molar-refractivity contribution < 1.29 is 34.9 Å². The predicted octanol–water partition coefficient (Wildman–Crippen LogP) is 11.5. The number of nitrogens with two attached hydrogens (primary N) is 1. The van der Waals surface area contributed by atoms with Crippen molar-refractivity contribution in [1.82, 2.24) is 29.9 Å². The van der Waals surface area contributed by atoms with E-state index in [0.717, 1.165) is 67.1 Å². The maximum atomic E-state index is 14.6. The zero-order valence-electron chi connectivity index (χ0n) is 47.7. The summed E-state index contributed by atoms with van der Waals surface area (Å²) < 4.78 is 92.7. The van der Waals surface area contributed by atoms with Crippen molar-refractivity contribution in [2.24, 2.45) is 0 Å². The van der Waals surface area contributed by atoms with Gasteiger partial charge in [-0.25, -0.2) is 45.6 Å². The summed E-state index contributed by atoms with van der Waals surface area (Å²) in [5.41, 5.74) is 16.1. The Morgan fingerprint density at radius 1 is 0.573 bits per heavy atom. The summed E-state index contributed by atoms with van der Waals surface area (Å²) >= 11 is 0. The van der Waals surface area contributed by atoms with Crippen LogP contribution in [-0.4, -0.2) is 90.7 Å². The number of nitrogens with zero attached hydrogens (tertiary/aromatic N) is 8. The maximum absolute atomic E-state index is 14.6. The van der Waals surface area contributed by atoms with Crippen LogP contribution in [0.2, 0.25) is 0 Å². The molecular formula is C62H62BF2N9O6S2. The molecule has 2 N–H and O–H groups in total. The van der Waals surface area contributed by atoms with Crippen LogP contribution in [0.15, 0.2) is 132 Å². The van der Waals surface area contributed by atoms with E-state index in [9.17, 15) is 25.6 Å². The van der Waals surface area contributed by atoms with Crippen molar-refractivity contribution in [3.05, 3.63) is 156 Å². The van der Waals surface area contributed by atoms with E-state index in [2.05, 4.69) is 53.5 Å². The van der Waals surface area contributed by atoms with Crippen LogP contribution in [0.25, 0.3) is 55.6 Å². The molecule has 0 saturated carbocycles. The molecule has 0 amide bonds. The number of pyridine rings is 4. The smallest absolute Gasteiger partial charge is 0.399 e. The van der Waals surface area contributed by atoms with Crippen molar-refractivity contribution in [2.45, 2.75) is 101 Å². The van der Waals surface area contributed by atoms with E-state index < -0.39 is 49.6 Å². The number of hydrogen-bond acceptors (Lipinski definition) is 15. The van der Waals surface area contributed by atoms with Gasteiger partial charge in [-0.05, 0) is 107 Å². The minimum Gasteiger partial charge on any atom is -0.399 e. The molecule has 0 unspecified atom stereocenters. The van der Waals surface area contributed by atoms with Gasteiger partial charge in [-0.1, -0.05) is 64.1 Å². The number of anilines is 5. The fourth-order valence-electron chi connectivity index (χ4n) is 11.5. The zero-order valence-corrected chi connectivity index (χ0v) is 49.3. The average molecular weight is 1140 g/mol. The molecular weight excluding hydrogens is 1080 g/mol. The van der Waals surface area contributed by atoms with Gasteiger partial charge in [-0.15, -0.1) is 0 Å². The van der Waals surface area contributed by atoms with Crippen molar-refractivity contribution in [3.8, 4) is 33.8 Å². The average Bonchev–Trinajstić information content (AvgIpc) is 2.11.